The van der Waals surface area contributed by atoms with E-state index in [1.54, 1.807) is 6.92 Å². The standard InChI is InChI=1S/C9H11F2NO2/c1-2-12(13)14-6-7-5-8(10)3-4-9(7)11/h3-5,13H,2,6H2,1H3. The van der Waals surface area contributed by atoms with Crippen LogP contribution in [-0.2, 0) is 11.4 Å². The van der Waals surface area contributed by atoms with Gasteiger partial charge in [-0.25, -0.2) is 8.78 Å². The molecule has 0 aliphatic carbocycles. The third-order valence-electron chi connectivity index (χ3n) is 1.65. The van der Waals surface area contributed by atoms with Crippen LogP contribution in [0.3, 0.4) is 0 Å². The molecule has 0 fully saturated rings. The Morgan fingerprint density at radius 3 is 2.79 bits per heavy atom. The molecule has 3 nitrogen and oxygen atoms in total. The van der Waals surface area contributed by atoms with Crippen LogP contribution in [0, 0.1) is 11.6 Å². The summed E-state index contributed by atoms with van der Waals surface area (Å²) in [6, 6.07) is 3.07. The predicted octanol–water partition coefficient (Wildman–Crippen LogP) is 2.11. The van der Waals surface area contributed by atoms with E-state index < -0.39 is 11.6 Å². The van der Waals surface area contributed by atoms with E-state index in [4.69, 9.17) is 10.0 Å². The summed E-state index contributed by atoms with van der Waals surface area (Å²) in [5.74, 6) is -1.10. The molecule has 14 heavy (non-hydrogen) atoms. The lowest BCUT2D eigenvalue weighted by Crippen LogP contribution is -2.19. The zero-order chi connectivity index (χ0) is 10.6. The molecular weight excluding hydrogens is 192 g/mol. The highest BCUT2D eigenvalue weighted by molar-refractivity contribution is 5.17. The third-order valence-corrected chi connectivity index (χ3v) is 1.65. The molecule has 0 radical (unpaired) electrons. The Labute approximate surface area is 80.4 Å². The second kappa shape index (κ2) is 4.99. The number of nitrogens with zero attached hydrogens (tertiary/aromatic N) is 1. The van der Waals surface area contributed by atoms with Crippen LogP contribution in [0.25, 0.3) is 0 Å². The van der Waals surface area contributed by atoms with Gasteiger partial charge in [-0.1, -0.05) is 5.23 Å². The normalized spacial score (nSPS) is 10.9. The maximum absolute atomic E-state index is 13.0. The van der Waals surface area contributed by atoms with Crippen LogP contribution in [0.15, 0.2) is 18.2 Å². The fourth-order valence-electron chi connectivity index (χ4n) is 0.889. The summed E-state index contributed by atoms with van der Waals surface area (Å²) in [6.07, 6.45) is 0. The smallest absolute Gasteiger partial charge is 0.129 e. The van der Waals surface area contributed by atoms with Crippen molar-refractivity contribution in [3.05, 3.63) is 35.4 Å². The number of rotatable bonds is 4. The summed E-state index contributed by atoms with van der Waals surface area (Å²) in [4.78, 5) is 4.70. The molecule has 1 N–H and O–H groups in total. The third kappa shape index (κ3) is 3.02. The molecule has 1 aromatic rings. The van der Waals surface area contributed by atoms with E-state index in [0.717, 1.165) is 18.2 Å². The van der Waals surface area contributed by atoms with Crippen molar-refractivity contribution in [3.63, 3.8) is 0 Å². The van der Waals surface area contributed by atoms with Crippen molar-refractivity contribution >= 4 is 0 Å². The highest BCUT2D eigenvalue weighted by atomic mass is 19.1. The molecular formula is C9H11F2NO2. The number of hydroxylamine groups is 2. The van der Waals surface area contributed by atoms with Crippen molar-refractivity contribution in [1.29, 1.82) is 0 Å². The SMILES string of the molecule is CCN(O)OCc1cc(F)ccc1F. The number of hydrogen-bond donors (Lipinski definition) is 1. The average molecular weight is 203 g/mol. The van der Waals surface area contributed by atoms with E-state index in [9.17, 15) is 8.78 Å². The fourth-order valence-corrected chi connectivity index (χ4v) is 0.889. The van der Waals surface area contributed by atoms with Crippen LogP contribution in [0.5, 0.6) is 0 Å². The zero-order valence-electron chi connectivity index (χ0n) is 7.70. The molecule has 1 rings (SSSR count). The molecule has 0 spiro atoms. The van der Waals surface area contributed by atoms with Crippen LogP contribution in [0.1, 0.15) is 12.5 Å². The first-order valence-electron chi connectivity index (χ1n) is 4.16. The Morgan fingerprint density at radius 1 is 1.43 bits per heavy atom. The molecule has 0 aliphatic rings. The van der Waals surface area contributed by atoms with Gasteiger partial charge in [0.15, 0.2) is 0 Å². The summed E-state index contributed by atoms with van der Waals surface area (Å²) in [5.41, 5.74) is 0.0671. The molecule has 1 aromatic carbocycles. The lowest BCUT2D eigenvalue weighted by Gasteiger charge is -2.11. The molecule has 0 atom stereocenters. The monoisotopic (exact) mass is 203 g/mol. The summed E-state index contributed by atoms with van der Waals surface area (Å²) in [7, 11) is 0. The second-order valence-electron chi connectivity index (χ2n) is 2.68. The van der Waals surface area contributed by atoms with Gasteiger partial charge in [-0.15, -0.1) is 0 Å². The first kappa shape index (κ1) is 11.0. The van der Waals surface area contributed by atoms with Gasteiger partial charge in [0.2, 0.25) is 0 Å². The number of benzene rings is 1. The molecule has 0 unspecified atom stereocenters. The summed E-state index contributed by atoms with van der Waals surface area (Å²) >= 11 is 0. The van der Waals surface area contributed by atoms with Gasteiger partial charge in [-0.3, -0.25) is 10.0 Å². The van der Waals surface area contributed by atoms with E-state index in [1.165, 1.54) is 0 Å². The minimum Gasteiger partial charge on any atom is -0.290 e. The average Bonchev–Trinajstić information content (AvgIpc) is 2.19. The lowest BCUT2D eigenvalue weighted by atomic mass is 10.2. The van der Waals surface area contributed by atoms with E-state index >= 15 is 0 Å². The zero-order valence-corrected chi connectivity index (χ0v) is 7.70. The van der Waals surface area contributed by atoms with Crippen molar-refractivity contribution in [1.82, 2.24) is 5.23 Å². The van der Waals surface area contributed by atoms with E-state index in [0.29, 0.717) is 5.23 Å². The number of halogens is 2. The maximum Gasteiger partial charge on any atom is 0.129 e. The van der Waals surface area contributed by atoms with Gasteiger partial charge < -0.3 is 0 Å². The fraction of sp³-hybridized carbons (Fsp3) is 0.333. The molecule has 78 valence electrons. The molecule has 0 bridgehead atoms. The van der Waals surface area contributed by atoms with Crippen LogP contribution in [0.2, 0.25) is 0 Å². The first-order chi connectivity index (χ1) is 6.63. The second-order valence-corrected chi connectivity index (χ2v) is 2.68. The van der Waals surface area contributed by atoms with Crippen LogP contribution >= 0.6 is 0 Å². The maximum atomic E-state index is 13.0. The van der Waals surface area contributed by atoms with Crippen LogP contribution in [-0.4, -0.2) is 17.0 Å². The van der Waals surface area contributed by atoms with E-state index in [1.807, 2.05) is 0 Å². The minimum absolute atomic E-state index is 0.0671. The Morgan fingerprint density at radius 2 is 2.14 bits per heavy atom. The van der Waals surface area contributed by atoms with Crippen molar-refractivity contribution < 1.29 is 18.8 Å². The molecule has 0 aliphatic heterocycles. The first-order valence-corrected chi connectivity index (χ1v) is 4.16. The Hall–Kier alpha value is -1.04. The summed E-state index contributed by atoms with van der Waals surface area (Å²) < 4.78 is 25.6. The lowest BCUT2D eigenvalue weighted by molar-refractivity contribution is -0.344. The van der Waals surface area contributed by atoms with Gasteiger partial charge in [-0.2, -0.15) is 0 Å². The van der Waals surface area contributed by atoms with E-state index in [-0.39, 0.29) is 18.7 Å². The highest BCUT2D eigenvalue weighted by Crippen LogP contribution is 2.10. The van der Waals surface area contributed by atoms with Gasteiger partial charge in [0.1, 0.15) is 11.6 Å². The van der Waals surface area contributed by atoms with Gasteiger partial charge in [0, 0.05) is 12.1 Å². The van der Waals surface area contributed by atoms with Gasteiger partial charge in [-0.05, 0) is 25.1 Å². The van der Waals surface area contributed by atoms with Crippen LogP contribution < -0.4 is 0 Å². The predicted molar refractivity (Wildman–Crippen MR) is 45.3 cm³/mol. The molecule has 0 aromatic heterocycles. The molecule has 0 saturated carbocycles. The van der Waals surface area contributed by atoms with Crippen molar-refractivity contribution in [3.8, 4) is 0 Å². The van der Waals surface area contributed by atoms with Gasteiger partial charge in [0.05, 0.1) is 6.61 Å². The topological polar surface area (TPSA) is 32.7 Å². The van der Waals surface area contributed by atoms with Crippen molar-refractivity contribution in [2.45, 2.75) is 13.5 Å². The van der Waals surface area contributed by atoms with Gasteiger partial charge >= 0.3 is 0 Å². The quantitative estimate of drug-likeness (QED) is 0.760. The molecule has 0 saturated heterocycles. The van der Waals surface area contributed by atoms with Crippen molar-refractivity contribution in [2.75, 3.05) is 6.54 Å². The highest BCUT2D eigenvalue weighted by Gasteiger charge is 2.05. The minimum atomic E-state index is -0.559. The largest absolute Gasteiger partial charge is 0.290 e. The molecule has 0 amide bonds. The van der Waals surface area contributed by atoms with Crippen LogP contribution in [0.4, 0.5) is 8.78 Å². The Balaban J connectivity index is 2.62. The van der Waals surface area contributed by atoms with Crippen molar-refractivity contribution in [2.24, 2.45) is 0 Å². The Bertz CT molecular complexity index is 307. The summed E-state index contributed by atoms with van der Waals surface area (Å²) in [5, 5.41) is 9.43. The Kier molecular flexibility index (Phi) is 3.94. The van der Waals surface area contributed by atoms with E-state index in [2.05, 4.69) is 0 Å². The molecule has 0 heterocycles. The number of hydrogen-bond acceptors (Lipinski definition) is 3. The summed E-state index contributed by atoms with van der Waals surface area (Å²) in [6.45, 7) is 1.70. The molecule has 5 heteroatoms. The van der Waals surface area contributed by atoms with Gasteiger partial charge in [0.25, 0.3) is 0 Å².